The van der Waals surface area contributed by atoms with Crippen LogP contribution in [0.4, 0.5) is 0 Å². The van der Waals surface area contributed by atoms with E-state index in [1.165, 1.54) is 6.42 Å². The number of rotatable bonds is 3. The molecule has 0 aliphatic heterocycles. The zero-order valence-corrected chi connectivity index (χ0v) is 10.1. The van der Waals surface area contributed by atoms with Gasteiger partial charge in [0.1, 0.15) is 0 Å². The van der Waals surface area contributed by atoms with Gasteiger partial charge in [-0.1, -0.05) is 33.8 Å². The largest absolute Gasteiger partial charge is 0.326 e. The molecule has 0 aliphatic carbocycles. The predicted octanol–water partition coefficient (Wildman–Crippen LogP) is 2.99. The Hall–Kier alpha value is -1.05. The van der Waals surface area contributed by atoms with E-state index in [2.05, 4.69) is 32.7 Å². The summed E-state index contributed by atoms with van der Waals surface area (Å²) in [5, 5.41) is 0. The van der Waals surface area contributed by atoms with Crippen molar-refractivity contribution in [1.82, 2.24) is 4.98 Å². The quantitative estimate of drug-likeness (QED) is 0.812. The van der Waals surface area contributed by atoms with Gasteiger partial charge in [0.15, 0.2) is 0 Å². The van der Waals surface area contributed by atoms with Gasteiger partial charge in [0.2, 0.25) is 5.56 Å². The second-order valence-corrected chi connectivity index (χ2v) is 5.61. The lowest BCUT2D eigenvalue weighted by Gasteiger charge is -2.23. The van der Waals surface area contributed by atoms with Crippen LogP contribution in [-0.2, 0) is 6.42 Å². The summed E-state index contributed by atoms with van der Waals surface area (Å²) in [6.45, 7) is 8.97. The molecule has 0 radical (unpaired) electrons. The standard InChI is InChI=1S/C13H21NO/c1-10(9-13(2,3)4)8-11-6-5-7-12(15)14-11/h5-7,10H,8-9H2,1-4H3,(H,14,15). The second kappa shape index (κ2) is 4.65. The molecule has 2 nitrogen and oxygen atoms in total. The first-order valence-corrected chi connectivity index (χ1v) is 5.55. The van der Waals surface area contributed by atoms with Crippen LogP contribution in [0.2, 0.25) is 0 Å². The van der Waals surface area contributed by atoms with E-state index >= 15 is 0 Å². The molecule has 0 aromatic carbocycles. The molecule has 2 heteroatoms. The van der Waals surface area contributed by atoms with Crippen molar-refractivity contribution in [3.05, 3.63) is 34.2 Å². The zero-order chi connectivity index (χ0) is 11.5. The molecule has 1 heterocycles. The lowest BCUT2D eigenvalue weighted by molar-refractivity contribution is 0.305. The molecule has 0 aliphatic rings. The van der Waals surface area contributed by atoms with Gasteiger partial charge in [-0.2, -0.15) is 0 Å². The van der Waals surface area contributed by atoms with Crippen LogP contribution >= 0.6 is 0 Å². The Morgan fingerprint density at radius 1 is 1.33 bits per heavy atom. The Bertz CT molecular complexity index is 359. The van der Waals surface area contributed by atoms with Gasteiger partial charge < -0.3 is 4.98 Å². The number of pyridine rings is 1. The molecule has 1 aromatic heterocycles. The summed E-state index contributed by atoms with van der Waals surface area (Å²) in [5.41, 5.74) is 1.39. The van der Waals surface area contributed by atoms with E-state index in [-0.39, 0.29) is 5.56 Å². The number of hydrogen-bond donors (Lipinski definition) is 1. The summed E-state index contributed by atoms with van der Waals surface area (Å²) in [6.07, 6.45) is 2.12. The first-order valence-electron chi connectivity index (χ1n) is 5.55. The molecular formula is C13H21NO. The van der Waals surface area contributed by atoms with Crippen molar-refractivity contribution in [2.75, 3.05) is 0 Å². The van der Waals surface area contributed by atoms with Gasteiger partial charge in [0, 0.05) is 11.8 Å². The third kappa shape index (κ3) is 4.82. The molecule has 0 saturated heterocycles. The molecule has 84 valence electrons. The number of nitrogens with one attached hydrogen (secondary N) is 1. The van der Waals surface area contributed by atoms with Crippen molar-refractivity contribution in [1.29, 1.82) is 0 Å². The number of aromatic amines is 1. The van der Waals surface area contributed by atoms with Crippen molar-refractivity contribution < 1.29 is 0 Å². The Balaban J connectivity index is 2.59. The minimum atomic E-state index is -0.00420. The maximum atomic E-state index is 11.1. The fourth-order valence-electron chi connectivity index (χ4n) is 2.11. The third-order valence-electron chi connectivity index (χ3n) is 2.36. The SMILES string of the molecule is CC(Cc1cccc(=O)[nH]1)CC(C)(C)C. The minimum absolute atomic E-state index is 0.00420. The first-order chi connectivity index (χ1) is 6.87. The molecule has 15 heavy (non-hydrogen) atoms. The molecule has 0 bridgehead atoms. The van der Waals surface area contributed by atoms with Crippen LogP contribution < -0.4 is 5.56 Å². The van der Waals surface area contributed by atoms with Crippen LogP contribution in [0.1, 0.15) is 39.8 Å². The average Bonchev–Trinajstić information content (AvgIpc) is 1.99. The van der Waals surface area contributed by atoms with Crippen molar-refractivity contribution in [2.24, 2.45) is 11.3 Å². The molecule has 1 unspecified atom stereocenters. The molecule has 1 N–H and O–H groups in total. The molecule has 0 saturated carbocycles. The molecule has 0 amide bonds. The van der Waals surface area contributed by atoms with Crippen LogP contribution in [0.25, 0.3) is 0 Å². The van der Waals surface area contributed by atoms with E-state index in [0.29, 0.717) is 11.3 Å². The highest BCUT2D eigenvalue weighted by molar-refractivity contribution is 5.04. The lowest BCUT2D eigenvalue weighted by atomic mass is 9.83. The molecule has 1 rings (SSSR count). The Kier molecular flexibility index (Phi) is 3.72. The van der Waals surface area contributed by atoms with Crippen LogP contribution in [0, 0.1) is 11.3 Å². The highest BCUT2D eigenvalue weighted by Gasteiger charge is 2.15. The maximum absolute atomic E-state index is 11.1. The maximum Gasteiger partial charge on any atom is 0.248 e. The molecule has 1 aromatic rings. The fourth-order valence-corrected chi connectivity index (χ4v) is 2.11. The number of hydrogen-bond acceptors (Lipinski definition) is 1. The molecule has 0 spiro atoms. The second-order valence-electron chi connectivity index (χ2n) is 5.61. The normalized spacial score (nSPS) is 13.9. The van der Waals surface area contributed by atoms with Gasteiger partial charge >= 0.3 is 0 Å². The van der Waals surface area contributed by atoms with E-state index in [4.69, 9.17) is 0 Å². The van der Waals surface area contributed by atoms with Gasteiger partial charge in [-0.25, -0.2) is 0 Å². The fraction of sp³-hybridized carbons (Fsp3) is 0.615. The Morgan fingerprint density at radius 2 is 2.00 bits per heavy atom. The summed E-state index contributed by atoms with van der Waals surface area (Å²) in [5.74, 6) is 0.600. The van der Waals surface area contributed by atoms with Crippen LogP contribution in [0.5, 0.6) is 0 Å². The topological polar surface area (TPSA) is 32.9 Å². The van der Waals surface area contributed by atoms with Crippen molar-refractivity contribution in [3.8, 4) is 0 Å². The van der Waals surface area contributed by atoms with Crippen molar-refractivity contribution in [3.63, 3.8) is 0 Å². The van der Waals surface area contributed by atoms with Gasteiger partial charge in [-0.15, -0.1) is 0 Å². The van der Waals surface area contributed by atoms with Gasteiger partial charge in [-0.05, 0) is 30.2 Å². The summed E-state index contributed by atoms with van der Waals surface area (Å²) >= 11 is 0. The first kappa shape index (κ1) is 12.0. The summed E-state index contributed by atoms with van der Waals surface area (Å²) in [4.78, 5) is 14.0. The van der Waals surface area contributed by atoms with Gasteiger partial charge in [0.05, 0.1) is 0 Å². The van der Waals surface area contributed by atoms with Gasteiger partial charge in [-0.3, -0.25) is 4.79 Å². The summed E-state index contributed by atoms with van der Waals surface area (Å²) in [7, 11) is 0. The number of H-pyrrole nitrogens is 1. The smallest absolute Gasteiger partial charge is 0.248 e. The highest BCUT2D eigenvalue weighted by atomic mass is 16.1. The predicted molar refractivity (Wildman–Crippen MR) is 64.0 cm³/mol. The molecule has 0 fully saturated rings. The van der Waals surface area contributed by atoms with E-state index in [1.807, 2.05) is 12.1 Å². The van der Waals surface area contributed by atoms with Gasteiger partial charge in [0.25, 0.3) is 0 Å². The third-order valence-corrected chi connectivity index (χ3v) is 2.36. The van der Waals surface area contributed by atoms with Crippen molar-refractivity contribution in [2.45, 2.75) is 40.5 Å². The van der Waals surface area contributed by atoms with E-state index in [9.17, 15) is 4.79 Å². The zero-order valence-electron chi connectivity index (χ0n) is 10.1. The lowest BCUT2D eigenvalue weighted by Crippen LogP contribution is -2.15. The summed E-state index contributed by atoms with van der Waals surface area (Å²) in [6, 6.07) is 5.36. The molecule has 1 atom stereocenters. The minimum Gasteiger partial charge on any atom is -0.326 e. The van der Waals surface area contributed by atoms with Crippen LogP contribution in [0.3, 0.4) is 0 Å². The van der Waals surface area contributed by atoms with Crippen LogP contribution in [-0.4, -0.2) is 4.98 Å². The monoisotopic (exact) mass is 207 g/mol. The van der Waals surface area contributed by atoms with Crippen LogP contribution in [0.15, 0.2) is 23.0 Å². The Morgan fingerprint density at radius 3 is 2.53 bits per heavy atom. The summed E-state index contributed by atoms with van der Waals surface area (Å²) < 4.78 is 0. The average molecular weight is 207 g/mol. The van der Waals surface area contributed by atoms with Crippen molar-refractivity contribution >= 4 is 0 Å². The number of aromatic nitrogens is 1. The highest BCUT2D eigenvalue weighted by Crippen LogP contribution is 2.25. The molecular weight excluding hydrogens is 186 g/mol. The Labute approximate surface area is 91.7 Å². The van der Waals surface area contributed by atoms with E-state index in [1.54, 1.807) is 6.07 Å². The van der Waals surface area contributed by atoms with E-state index < -0.39 is 0 Å². The van der Waals surface area contributed by atoms with E-state index in [0.717, 1.165) is 12.1 Å².